The van der Waals surface area contributed by atoms with E-state index in [1.807, 2.05) is 7.05 Å². The van der Waals surface area contributed by atoms with Gasteiger partial charge in [-0.25, -0.2) is 0 Å². The summed E-state index contributed by atoms with van der Waals surface area (Å²) in [5, 5.41) is 6.94. The van der Waals surface area contributed by atoms with E-state index in [0.717, 1.165) is 24.1 Å². The van der Waals surface area contributed by atoms with E-state index in [9.17, 15) is 0 Å². The minimum Gasteiger partial charge on any atom is -0.339 e. The highest BCUT2D eigenvalue weighted by Crippen LogP contribution is 2.27. The summed E-state index contributed by atoms with van der Waals surface area (Å²) in [6, 6.07) is 0. The topological polar surface area (TPSA) is 51.0 Å². The van der Waals surface area contributed by atoms with Gasteiger partial charge in [-0.3, -0.25) is 0 Å². The predicted octanol–water partition coefficient (Wildman–Crippen LogP) is 2.30. The zero-order valence-electron chi connectivity index (χ0n) is 10.0. The lowest BCUT2D eigenvalue weighted by atomic mass is 9.86. The second-order valence-electron chi connectivity index (χ2n) is 4.68. The molecule has 0 bridgehead atoms. The summed E-state index contributed by atoms with van der Waals surface area (Å²) in [5.74, 6) is 2.45. The highest BCUT2D eigenvalue weighted by molar-refractivity contribution is 4.86. The van der Waals surface area contributed by atoms with E-state index in [1.54, 1.807) is 0 Å². The van der Waals surface area contributed by atoms with Crippen LogP contribution < -0.4 is 5.32 Å². The van der Waals surface area contributed by atoms with Crippen molar-refractivity contribution in [2.24, 2.45) is 5.92 Å². The third-order valence-corrected chi connectivity index (χ3v) is 3.34. The zero-order valence-corrected chi connectivity index (χ0v) is 10.0. The molecule has 1 fully saturated rings. The number of rotatable bonds is 5. The second kappa shape index (κ2) is 5.99. The Morgan fingerprint density at radius 2 is 2.12 bits per heavy atom. The molecule has 1 saturated carbocycles. The Bertz CT molecular complexity index is 305. The molecule has 0 aliphatic heterocycles. The summed E-state index contributed by atoms with van der Waals surface area (Å²) < 4.78 is 5.21. The van der Waals surface area contributed by atoms with Crippen molar-refractivity contribution in [3.8, 4) is 0 Å². The van der Waals surface area contributed by atoms with Gasteiger partial charge in [0.15, 0.2) is 5.82 Å². The lowest BCUT2D eigenvalue weighted by Gasteiger charge is -2.20. The van der Waals surface area contributed by atoms with Crippen molar-refractivity contribution >= 4 is 0 Å². The maximum atomic E-state index is 5.21. The second-order valence-corrected chi connectivity index (χ2v) is 4.68. The first-order valence-corrected chi connectivity index (χ1v) is 6.34. The third-order valence-electron chi connectivity index (χ3n) is 3.34. The van der Waals surface area contributed by atoms with Crippen molar-refractivity contribution in [1.82, 2.24) is 15.5 Å². The van der Waals surface area contributed by atoms with Gasteiger partial charge in [0.25, 0.3) is 0 Å². The molecule has 16 heavy (non-hydrogen) atoms. The molecular weight excluding hydrogens is 202 g/mol. The van der Waals surface area contributed by atoms with Crippen LogP contribution in [-0.2, 0) is 13.0 Å². The Labute approximate surface area is 96.8 Å². The summed E-state index contributed by atoms with van der Waals surface area (Å²) in [4.78, 5) is 4.34. The predicted molar refractivity (Wildman–Crippen MR) is 62.0 cm³/mol. The molecule has 1 aromatic heterocycles. The highest BCUT2D eigenvalue weighted by atomic mass is 16.5. The lowest BCUT2D eigenvalue weighted by molar-refractivity contribution is 0.313. The molecule has 0 amide bonds. The quantitative estimate of drug-likeness (QED) is 0.832. The standard InChI is InChI=1S/C12H21N3O/c1-13-9-11-14-12(16-15-11)8-7-10-5-3-2-4-6-10/h10,13H,2-9H2,1H3. The molecule has 4 heteroatoms. The van der Waals surface area contributed by atoms with Gasteiger partial charge in [0.05, 0.1) is 6.54 Å². The van der Waals surface area contributed by atoms with Crippen molar-refractivity contribution in [2.45, 2.75) is 51.5 Å². The van der Waals surface area contributed by atoms with Gasteiger partial charge < -0.3 is 9.84 Å². The van der Waals surface area contributed by atoms with Gasteiger partial charge in [-0.15, -0.1) is 0 Å². The SMILES string of the molecule is CNCc1noc(CCC2CCCCC2)n1. The van der Waals surface area contributed by atoms with Gasteiger partial charge in [-0.2, -0.15) is 4.98 Å². The summed E-state index contributed by atoms with van der Waals surface area (Å²) in [6.45, 7) is 0.687. The molecule has 1 heterocycles. The van der Waals surface area contributed by atoms with Gasteiger partial charge in [0.1, 0.15) is 0 Å². The van der Waals surface area contributed by atoms with Crippen LogP contribution in [0.2, 0.25) is 0 Å². The zero-order chi connectivity index (χ0) is 11.2. The van der Waals surface area contributed by atoms with Crippen LogP contribution in [0.25, 0.3) is 0 Å². The Morgan fingerprint density at radius 3 is 2.88 bits per heavy atom. The van der Waals surface area contributed by atoms with Crippen LogP contribution in [0.1, 0.15) is 50.2 Å². The Hall–Kier alpha value is -0.900. The Kier molecular flexibility index (Phi) is 4.34. The molecule has 0 saturated heterocycles. The molecule has 90 valence electrons. The summed E-state index contributed by atoms with van der Waals surface area (Å²) in [6.07, 6.45) is 9.15. The smallest absolute Gasteiger partial charge is 0.226 e. The van der Waals surface area contributed by atoms with Crippen LogP contribution in [0.5, 0.6) is 0 Å². The van der Waals surface area contributed by atoms with Crippen LogP contribution in [0.15, 0.2) is 4.52 Å². The monoisotopic (exact) mass is 223 g/mol. The van der Waals surface area contributed by atoms with Crippen molar-refractivity contribution in [1.29, 1.82) is 0 Å². The van der Waals surface area contributed by atoms with Crippen LogP contribution in [-0.4, -0.2) is 17.2 Å². The third kappa shape index (κ3) is 3.30. The van der Waals surface area contributed by atoms with E-state index < -0.39 is 0 Å². The molecule has 0 spiro atoms. The van der Waals surface area contributed by atoms with Crippen LogP contribution in [0.4, 0.5) is 0 Å². The van der Waals surface area contributed by atoms with Gasteiger partial charge in [-0.1, -0.05) is 37.3 Å². The fourth-order valence-electron chi connectivity index (χ4n) is 2.43. The molecule has 0 unspecified atom stereocenters. The van der Waals surface area contributed by atoms with Crippen molar-refractivity contribution in [3.05, 3.63) is 11.7 Å². The maximum absolute atomic E-state index is 5.21. The van der Waals surface area contributed by atoms with Crippen molar-refractivity contribution in [3.63, 3.8) is 0 Å². The first kappa shape index (κ1) is 11.6. The Morgan fingerprint density at radius 1 is 1.31 bits per heavy atom. The number of hydrogen-bond donors (Lipinski definition) is 1. The van der Waals surface area contributed by atoms with Gasteiger partial charge >= 0.3 is 0 Å². The molecule has 1 aromatic rings. The van der Waals surface area contributed by atoms with E-state index in [0.29, 0.717) is 6.54 Å². The normalized spacial score (nSPS) is 17.8. The summed E-state index contributed by atoms with van der Waals surface area (Å²) >= 11 is 0. The number of aryl methyl sites for hydroxylation is 1. The van der Waals surface area contributed by atoms with Crippen LogP contribution in [0, 0.1) is 5.92 Å². The fourth-order valence-corrected chi connectivity index (χ4v) is 2.43. The van der Waals surface area contributed by atoms with Crippen LogP contribution >= 0.6 is 0 Å². The van der Waals surface area contributed by atoms with Gasteiger partial charge in [-0.05, 0) is 19.4 Å². The van der Waals surface area contributed by atoms with E-state index in [-0.39, 0.29) is 0 Å². The number of nitrogens with one attached hydrogen (secondary N) is 1. The largest absolute Gasteiger partial charge is 0.339 e. The van der Waals surface area contributed by atoms with Crippen molar-refractivity contribution < 1.29 is 4.52 Å². The lowest BCUT2D eigenvalue weighted by Crippen LogP contribution is -2.08. The molecule has 1 aliphatic carbocycles. The van der Waals surface area contributed by atoms with Gasteiger partial charge in [0, 0.05) is 6.42 Å². The minimum atomic E-state index is 0.687. The van der Waals surface area contributed by atoms with Gasteiger partial charge in [0.2, 0.25) is 5.89 Å². The highest BCUT2D eigenvalue weighted by Gasteiger charge is 2.15. The molecular formula is C12H21N3O. The Balaban J connectivity index is 1.75. The van der Waals surface area contributed by atoms with E-state index >= 15 is 0 Å². The number of hydrogen-bond acceptors (Lipinski definition) is 4. The van der Waals surface area contributed by atoms with Crippen molar-refractivity contribution in [2.75, 3.05) is 7.05 Å². The first-order valence-electron chi connectivity index (χ1n) is 6.34. The minimum absolute atomic E-state index is 0.687. The molecule has 2 rings (SSSR count). The number of aromatic nitrogens is 2. The summed E-state index contributed by atoms with van der Waals surface area (Å²) in [5.41, 5.74) is 0. The molecule has 1 aliphatic rings. The summed E-state index contributed by atoms with van der Waals surface area (Å²) in [7, 11) is 1.89. The average molecular weight is 223 g/mol. The van der Waals surface area contributed by atoms with Crippen LogP contribution in [0.3, 0.4) is 0 Å². The molecule has 0 atom stereocenters. The van der Waals surface area contributed by atoms with E-state index in [4.69, 9.17) is 4.52 Å². The molecule has 0 aromatic carbocycles. The fraction of sp³-hybridized carbons (Fsp3) is 0.833. The molecule has 4 nitrogen and oxygen atoms in total. The average Bonchev–Trinajstić information content (AvgIpc) is 2.76. The van der Waals surface area contributed by atoms with E-state index in [1.165, 1.54) is 38.5 Å². The molecule has 0 radical (unpaired) electrons. The molecule has 1 N–H and O–H groups in total. The number of nitrogens with zero attached hydrogens (tertiary/aromatic N) is 2. The first-order chi connectivity index (χ1) is 7.88. The van der Waals surface area contributed by atoms with E-state index in [2.05, 4.69) is 15.5 Å². The maximum Gasteiger partial charge on any atom is 0.226 e.